The summed E-state index contributed by atoms with van der Waals surface area (Å²) in [5, 5.41) is 1.18. The Balaban J connectivity index is 1.63. The molecule has 0 unspecified atom stereocenters. The normalized spacial score (nSPS) is 25.2. The summed E-state index contributed by atoms with van der Waals surface area (Å²) in [5.74, 6) is 0. The second-order valence-electron chi connectivity index (χ2n) is 6.15. The summed E-state index contributed by atoms with van der Waals surface area (Å²) >= 11 is 3.51. The lowest BCUT2D eigenvalue weighted by atomic mass is 9.68. The van der Waals surface area contributed by atoms with E-state index in [1.165, 1.54) is 89.2 Å². The van der Waals surface area contributed by atoms with Gasteiger partial charge in [-0.05, 0) is 63.6 Å². The second kappa shape index (κ2) is 7.13. The molecule has 1 spiro atoms. The van der Waals surface area contributed by atoms with Gasteiger partial charge in [-0.1, -0.05) is 41.6 Å². The average Bonchev–Trinajstić information content (AvgIpc) is 2.38. The van der Waals surface area contributed by atoms with Gasteiger partial charge in [-0.2, -0.15) is 0 Å². The number of piperidine rings is 1. The molecule has 2 rings (SSSR count). The highest BCUT2D eigenvalue weighted by Crippen LogP contribution is 2.44. The zero-order chi connectivity index (χ0) is 12.0. The van der Waals surface area contributed by atoms with E-state index in [1.54, 1.807) is 0 Å². The first-order valence-corrected chi connectivity index (χ1v) is 8.75. The molecule has 1 heterocycles. The Bertz CT molecular complexity index is 201. The maximum Gasteiger partial charge on any atom is 0.00313 e. The lowest BCUT2D eigenvalue weighted by Gasteiger charge is -2.44. The summed E-state index contributed by atoms with van der Waals surface area (Å²) in [4.78, 5) is 2.72. The predicted octanol–water partition coefficient (Wildman–Crippen LogP) is 4.60. The molecule has 0 atom stereocenters. The van der Waals surface area contributed by atoms with Crippen LogP contribution in [0, 0.1) is 5.41 Å². The zero-order valence-corrected chi connectivity index (χ0v) is 12.8. The average molecular weight is 302 g/mol. The summed E-state index contributed by atoms with van der Waals surface area (Å²) in [5.41, 5.74) is 0.782. The minimum atomic E-state index is 0.782. The van der Waals surface area contributed by atoms with Crippen molar-refractivity contribution in [2.75, 3.05) is 25.0 Å². The molecule has 0 aromatic rings. The highest BCUT2D eigenvalue weighted by molar-refractivity contribution is 9.09. The number of likely N-dealkylation sites (tertiary alicyclic amines) is 1. The number of unbranched alkanes of at least 4 members (excludes halogenated alkanes) is 2. The van der Waals surface area contributed by atoms with Crippen LogP contribution in [-0.4, -0.2) is 29.9 Å². The predicted molar refractivity (Wildman–Crippen MR) is 78.8 cm³/mol. The van der Waals surface area contributed by atoms with Crippen molar-refractivity contribution in [3.05, 3.63) is 0 Å². The molecule has 100 valence electrons. The lowest BCUT2D eigenvalue weighted by Crippen LogP contribution is -2.41. The number of hydrogen-bond acceptors (Lipinski definition) is 1. The van der Waals surface area contributed by atoms with Crippen molar-refractivity contribution >= 4 is 15.9 Å². The summed E-state index contributed by atoms with van der Waals surface area (Å²) in [6, 6.07) is 0. The molecule has 2 heteroatoms. The molecule has 0 amide bonds. The van der Waals surface area contributed by atoms with Crippen LogP contribution in [0.4, 0.5) is 0 Å². The van der Waals surface area contributed by atoms with E-state index in [4.69, 9.17) is 0 Å². The van der Waals surface area contributed by atoms with Crippen molar-refractivity contribution in [2.45, 2.75) is 64.2 Å². The van der Waals surface area contributed by atoms with Gasteiger partial charge in [0, 0.05) is 5.33 Å². The molecule has 1 aliphatic carbocycles. The fraction of sp³-hybridized carbons (Fsp3) is 1.00. The highest BCUT2D eigenvalue weighted by Gasteiger charge is 2.34. The molecule has 17 heavy (non-hydrogen) atoms. The number of halogens is 1. The summed E-state index contributed by atoms with van der Waals surface area (Å²) in [7, 11) is 0. The van der Waals surface area contributed by atoms with Crippen molar-refractivity contribution in [3.63, 3.8) is 0 Å². The van der Waals surface area contributed by atoms with E-state index in [1.807, 2.05) is 0 Å². The van der Waals surface area contributed by atoms with E-state index in [2.05, 4.69) is 20.8 Å². The van der Waals surface area contributed by atoms with Gasteiger partial charge in [0.15, 0.2) is 0 Å². The van der Waals surface area contributed by atoms with E-state index in [0.717, 1.165) is 5.41 Å². The number of rotatable bonds is 5. The smallest absolute Gasteiger partial charge is 0.00313 e. The van der Waals surface area contributed by atoms with Gasteiger partial charge in [-0.25, -0.2) is 0 Å². The van der Waals surface area contributed by atoms with Gasteiger partial charge in [0.25, 0.3) is 0 Å². The van der Waals surface area contributed by atoms with Crippen LogP contribution in [-0.2, 0) is 0 Å². The van der Waals surface area contributed by atoms with Crippen LogP contribution in [0.5, 0.6) is 0 Å². The van der Waals surface area contributed by atoms with Crippen LogP contribution < -0.4 is 0 Å². The Morgan fingerprint density at radius 3 is 2.18 bits per heavy atom. The summed E-state index contributed by atoms with van der Waals surface area (Å²) < 4.78 is 0. The summed E-state index contributed by atoms with van der Waals surface area (Å²) in [6.45, 7) is 4.12. The minimum Gasteiger partial charge on any atom is -0.303 e. The maximum absolute atomic E-state index is 3.51. The Morgan fingerprint density at radius 1 is 0.824 bits per heavy atom. The second-order valence-corrected chi connectivity index (χ2v) is 6.94. The van der Waals surface area contributed by atoms with Gasteiger partial charge >= 0.3 is 0 Å². The Hall–Kier alpha value is 0.440. The van der Waals surface area contributed by atoms with Crippen LogP contribution in [0.1, 0.15) is 64.2 Å². The van der Waals surface area contributed by atoms with Crippen LogP contribution in [0.25, 0.3) is 0 Å². The molecule has 0 aromatic heterocycles. The molecule has 1 saturated carbocycles. The Morgan fingerprint density at radius 2 is 1.53 bits per heavy atom. The van der Waals surface area contributed by atoms with Gasteiger partial charge in [-0.3, -0.25) is 0 Å². The number of hydrogen-bond donors (Lipinski definition) is 0. The van der Waals surface area contributed by atoms with Crippen molar-refractivity contribution in [1.82, 2.24) is 4.90 Å². The third-order valence-electron chi connectivity index (χ3n) is 4.94. The van der Waals surface area contributed by atoms with Crippen molar-refractivity contribution in [2.24, 2.45) is 5.41 Å². The standard InChI is InChI=1S/C15H28BrN/c16-11-5-2-6-12-17-13-9-15(10-14-17)7-3-1-4-8-15/h1-14H2. The Labute approximate surface area is 115 Å². The monoisotopic (exact) mass is 301 g/mol. The van der Waals surface area contributed by atoms with Gasteiger partial charge in [0.1, 0.15) is 0 Å². The number of alkyl halides is 1. The summed E-state index contributed by atoms with van der Waals surface area (Å²) in [6.07, 6.45) is 14.7. The van der Waals surface area contributed by atoms with Gasteiger partial charge < -0.3 is 4.90 Å². The van der Waals surface area contributed by atoms with Crippen LogP contribution in [0.3, 0.4) is 0 Å². The first kappa shape index (κ1) is 13.9. The van der Waals surface area contributed by atoms with E-state index < -0.39 is 0 Å². The molecule has 1 aliphatic heterocycles. The molecule has 1 saturated heterocycles. The molecular formula is C15H28BrN. The SMILES string of the molecule is BrCCCCCN1CCC2(CCCCC2)CC1. The van der Waals surface area contributed by atoms with E-state index in [9.17, 15) is 0 Å². The zero-order valence-electron chi connectivity index (χ0n) is 11.2. The molecule has 0 aromatic carbocycles. The van der Waals surface area contributed by atoms with Gasteiger partial charge in [-0.15, -0.1) is 0 Å². The third-order valence-corrected chi connectivity index (χ3v) is 5.50. The minimum absolute atomic E-state index is 0.782. The molecule has 0 radical (unpaired) electrons. The topological polar surface area (TPSA) is 3.24 Å². The molecule has 0 N–H and O–H groups in total. The van der Waals surface area contributed by atoms with Crippen LogP contribution in [0.15, 0.2) is 0 Å². The fourth-order valence-corrected chi connectivity index (χ4v) is 4.06. The van der Waals surface area contributed by atoms with Crippen molar-refractivity contribution < 1.29 is 0 Å². The third kappa shape index (κ3) is 4.24. The highest BCUT2D eigenvalue weighted by atomic mass is 79.9. The molecule has 1 nitrogen and oxygen atoms in total. The number of nitrogens with zero attached hydrogens (tertiary/aromatic N) is 1. The van der Waals surface area contributed by atoms with E-state index in [-0.39, 0.29) is 0 Å². The van der Waals surface area contributed by atoms with E-state index >= 15 is 0 Å². The largest absolute Gasteiger partial charge is 0.303 e. The van der Waals surface area contributed by atoms with Crippen LogP contribution >= 0.6 is 15.9 Å². The quantitative estimate of drug-likeness (QED) is 0.530. The van der Waals surface area contributed by atoms with Crippen molar-refractivity contribution in [1.29, 1.82) is 0 Å². The van der Waals surface area contributed by atoms with Gasteiger partial charge in [0.2, 0.25) is 0 Å². The van der Waals surface area contributed by atoms with Crippen LogP contribution in [0.2, 0.25) is 0 Å². The molecule has 0 bridgehead atoms. The van der Waals surface area contributed by atoms with Gasteiger partial charge in [0.05, 0.1) is 0 Å². The maximum atomic E-state index is 3.51. The first-order valence-electron chi connectivity index (χ1n) is 7.63. The fourth-order valence-electron chi connectivity index (χ4n) is 3.66. The van der Waals surface area contributed by atoms with Crippen molar-refractivity contribution in [3.8, 4) is 0 Å². The molecule has 2 aliphatic rings. The first-order chi connectivity index (χ1) is 8.35. The lowest BCUT2D eigenvalue weighted by molar-refractivity contribution is 0.0670. The molecular weight excluding hydrogens is 274 g/mol. The Kier molecular flexibility index (Phi) is 5.82. The molecule has 2 fully saturated rings. The van der Waals surface area contributed by atoms with E-state index in [0.29, 0.717) is 0 Å².